The van der Waals surface area contributed by atoms with Crippen LogP contribution >= 0.6 is 0 Å². The maximum Gasteiger partial charge on any atom is 0.260 e. The number of aromatic nitrogens is 2. The Hall–Kier alpha value is -0.960. The minimum absolute atomic E-state index is 0.0583. The highest BCUT2D eigenvalue weighted by Crippen LogP contribution is 2.20. The molecule has 0 aromatic carbocycles. The molecule has 2 unspecified atom stereocenters. The van der Waals surface area contributed by atoms with Crippen molar-refractivity contribution in [3.63, 3.8) is 0 Å². The fourth-order valence-electron chi connectivity index (χ4n) is 2.48. The molecule has 0 radical (unpaired) electrons. The molecule has 0 saturated carbocycles. The van der Waals surface area contributed by atoms with E-state index in [0.29, 0.717) is 18.7 Å². The van der Waals surface area contributed by atoms with E-state index in [1.165, 1.54) is 0 Å². The molecule has 1 aliphatic heterocycles. The quantitative estimate of drug-likeness (QED) is 0.687. The van der Waals surface area contributed by atoms with Crippen LogP contribution in [0, 0.1) is 6.92 Å². The van der Waals surface area contributed by atoms with Gasteiger partial charge in [0.25, 0.3) is 10.0 Å². The van der Waals surface area contributed by atoms with E-state index < -0.39 is 10.0 Å². The summed E-state index contributed by atoms with van der Waals surface area (Å²) in [4.78, 5) is 0. The average Bonchev–Trinajstić information content (AvgIpc) is 3.05. The van der Waals surface area contributed by atoms with Crippen LogP contribution in [0.2, 0.25) is 0 Å². The Labute approximate surface area is 125 Å². The zero-order valence-electron chi connectivity index (χ0n) is 12.8. The highest BCUT2D eigenvalue weighted by atomic mass is 32.2. The number of rotatable bonds is 7. The Morgan fingerprint density at radius 1 is 1.52 bits per heavy atom. The van der Waals surface area contributed by atoms with Crippen molar-refractivity contribution >= 4 is 10.0 Å². The molecule has 2 rings (SSSR count). The normalized spacial score (nSPS) is 20.8. The van der Waals surface area contributed by atoms with Crippen LogP contribution in [-0.2, 0) is 21.3 Å². The maximum atomic E-state index is 12.5. The van der Waals surface area contributed by atoms with Gasteiger partial charge in [-0.05, 0) is 33.2 Å². The predicted octanol–water partition coefficient (Wildman–Crippen LogP) is 0.673. The van der Waals surface area contributed by atoms with Gasteiger partial charge in [0.15, 0.2) is 5.03 Å². The van der Waals surface area contributed by atoms with E-state index in [1.807, 2.05) is 20.8 Å². The van der Waals surface area contributed by atoms with Crippen molar-refractivity contribution in [2.45, 2.75) is 57.3 Å². The third kappa shape index (κ3) is 3.82. The largest absolute Gasteiger partial charge is 0.377 e. The van der Waals surface area contributed by atoms with Crippen molar-refractivity contribution in [1.29, 1.82) is 0 Å². The first-order chi connectivity index (χ1) is 9.95. The van der Waals surface area contributed by atoms with E-state index in [4.69, 9.17) is 4.74 Å². The van der Waals surface area contributed by atoms with Gasteiger partial charge in [0.2, 0.25) is 0 Å². The van der Waals surface area contributed by atoms with Gasteiger partial charge in [0, 0.05) is 30.5 Å². The second-order valence-corrected chi connectivity index (χ2v) is 7.00. The van der Waals surface area contributed by atoms with Crippen LogP contribution in [-0.4, -0.2) is 43.9 Å². The standard InChI is InChI=1S/C13H24N4O3S/c1-4-14-8-11-9(2)15-16-13(11)21(18,19)17-10(3)12-6-5-7-20-12/h10,12,14,17H,4-8H2,1-3H3,(H,15,16). The monoisotopic (exact) mass is 316 g/mol. The van der Waals surface area contributed by atoms with Gasteiger partial charge in [0.1, 0.15) is 0 Å². The first-order valence-electron chi connectivity index (χ1n) is 7.34. The van der Waals surface area contributed by atoms with Gasteiger partial charge in [-0.1, -0.05) is 6.92 Å². The summed E-state index contributed by atoms with van der Waals surface area (Å²) in [6.07, 6.45) is 1.80. The Morgan fingerprint density at radius 3 is 2.90 bits per heavy atom. The fourth-order valence-corrected chi connectivity index (χ4v) is 3.95. The lowest BCUT2D eigenvalue weighted by Gasteiger charge is -2.19. The zero-order valence-corrected chi connectivity index (χ0v) is 13.6. The van der Waals surface area contributed by atoms with Crippen LogP contribution in [0.15, 0.2) is 5.03 Å². The molecule has 2 heterocycles. The molecule has 3 N–H and O–H groups in total. The lowest BCUT2D eigenvalue weighted by atomic mass is 10.1. The average molecular weight is 316 g/mol. The van der Waals surface area contributed by atoms with Crippen molar-refractivity contribution < 1.29 is 13.2 Å². The number of nitrogens with one attached hydrogen (secondary N) is 3. The molecule has 1 aromatic rings. The summed E-state index contributed by atoms with van der Waals surface area (Å²) in [7, 11) is -3.65. The third-order valence-corrected chi connectivity index (χ3v) is 5.23. The lowest BCUT2D eigenvalue weighted by Crippen LogP contribution is -2.41. The van der Waals surface area contributed by atoms with Gasteiger partial charge < -0.3 is 10.1 Å². The molecule has 21 heavy (non-hydrogen) atoms. The molecule has 0 amide bonds. The van der Waals surface area contributed by atoms with E-state index in [1.54, 1.807) is 0 Å². The molecule has 1 aliphatic rings. The predicted molar refractivity (Wildman–Crippen MR) is 79.5 cm³/mol. The molecule has 2 atom stereocenters. The van der Waals surface area contributed by atoms with Crippen LogP contribution in [0.3, 0.4) is 0 Å². The molecule has 0 aliphatic carbocycles. The van der Waals surface area contributed by atoms with Gasteiger partial charge in [-0.25, -0.2) is 13.1 Å². The van der Waals surface area contributed by atoms with Crippen molar-refractivity contribution in [2.75, 3.05) is 13.2 Å². The maximum absolute atomic E-state index is 12.5. The van der Waals surface area contributed by atoms with Crippen molar-refractivity contribution in [3.8, 4) is 0 Å². The van der Waals surface area contributed by atoms with Crippen LogP contribution < -0.4 is 10.0 Å². The second kappa shape index (κ2) is 6.87. The number of hydrogen-bond acceptors (Lipinski definition) is 5. The van der Waals surface area contributed by atoms with Crippen LogP contribution in [0.5, 0.6) is 0 Å². The summed E-state index contributed by atoms with van der Waals surface area (Å²) in [6, 6.07) is -0.263. The molecule has 0 bridgehead atoms. The van der Waals surface area contributed by atoms with E-state index >= 15 is 0 Å². The first-order valence-corrected chi connectivity index (χ1v) is 8.82. The molecule has 8 heteroatoms. The van der Waals surface area contributed by atoms with Crippen LogP contribution in [0.25, 0.3) is 0 Å². The first kappa shape index (κ1) is 16.4. The minimum Gasteiger partial charge on any atom is -0.377 e. The molecule has 0 spiro atoms. The Kier molecular flexibility index (Phi) is 5.37. The van der Waals surface area contributed by atoms with Crippen molar-refractivity contribution in [1.82, 2.24) is 20.2 Å². The van der Waals surface area contributed by atoms with E-state index in [0.717, 1.165) is 25.1 Å². The number of aromatic amines is 1. The number of sulfonamides is 1. The topological polar surface area (TPSA) is 96.1 Å². The van der Waals surface area contributed by atoms with Gasteiger partial charge in [0.05, 0.1) is 6.10 Å². The van der Waals surface area contributed by atoms with Gasteiger partial charge in [-0.2, -0.15) is 5.10 Å². The van der Waals surface area contributed by atoms with Gasteiger partial charge in [-0.15, -0.1) is 0 Å². The lowest BCUT2D eigenvalue weighted by molar-refractivity contribution is 0.0902. The minimum atomic E-state index is -3.65. The number of H-pyrrole nitrogens is 1. The highest BCUT2D eigenvalue weighted by molar-refractivity contribution is 7.89. The fraction of sp³-hybridized carbons (Fsp3) is 0.769. The van der Waals surface area contributed by atoms with Crippen molar-refractivity contribution in [2.24, 2.45) is 0 Å². The van der Waals surface area contributed by atoms with E-state index in [9.17, 15) is 8.42 Å². The number of nitrogens with zero attached hydrogens (tertiary/aromatic N) is 1. The van der Waals surface area contributed by atoms with E-state index in [2.05, 4.69) is 20.2 Å². The molecular formula is C13H24N4O3S. The zero-order chi connectivity index (χ0) is 15.5. The molecule has 120 valence electrons. The summed E-state index contributed by atoms with van der Waals surface area (Å²) >= 11 is 0. The molecular weight excluding hydrogens is 292 g/mol. The summed E-state index contributed by atoms with van der Waals surface area (Å²) in [5, 5.41) is 9.93. The molecule has 1 saturated heterocycles. The SMILES string of the molecule is CCNCc1c(S(=O)(=O)NC(C)C2CCCO2)n[nH]c1C. The molecule has 7 nitrogen and oxygen atoms in total. The summed E-state index contributed by atoms with van der Waals surface area (Å²) in [6.45, 7) is 7.57. The third-order valence-electron chi connectivity index (χ3n) is 3.71. The van der Waals surface area contributed by atoms with Crippen LogP contribution in [0.1, 0.15) is 37.9 Å². The van der Waals surface area contributed by atoms with Crippen LogP contribution in [0.4, 0.5) is 0 Å². The Bertz CT molecular complexity index is 564. The number of hydrogen-bond donors (Lipinski definition) is 3. The molecule has 1 aromatic heterocycles. The number of aryl methyl sites for hydroxylation is 1. The smallest absolute Gasteiger partial charge is 0.260 e. The molecule has 1 fully saturated rings. The summed E-state index contributed by atoms with van der Waals surface area (Å²) < 4.78 is 33.3. The Balaban J connectivity index is 2.15. The summed E-state index contributed by atoms with van der Waals surface area (Å²) in [5.74, 6) is 0. The highest BCUT2D eigenvalue weighted by Gasteiger charge is 2.30. The van der Waals surface area contributed by atoms with Crippen molar-refractivity contribution in [3.05, 3.63) is 11.3 Å². The van der Waals surface area contributed by atoms with Gasteiger partial charge >= 0.3 is 0 Å². The number of ether oxygens (including phenoxy) is 1. The van der Waals surface area contributed by atoms with Gasteiger partial charge in [-0.3, -0.25) is 5.10 Å². The summed E-state index contributed by atoms with van der Waals surface area (Å²) in [5.41, 5.74) is 1.45. The Morgan fingerprint density at radius 2 is 2.29 bits per heavy atom. The van der Waals surface area contributed by atoms with E-state index in [-0.39, 0.29) is 17.2 Å². The second-order valence-electron chi connectivity index (χ2n) is 5.37.